The number of carboxylic acids is 1. The first kappa shape index (κ1) is 10.5. The number of thiol groups is 1. The summed E-state index contributed by atoms with van der Waals surface area (Å²) in [6.45, 7) is 0. The van der Waals surface area contributed by atoms with Crippen LogP contribution < -0.4 is 0 Å². The largest absolute Gasteiger partial charge is 0.477 e. The Morgan fingerprint density at radius 2 is 2.21 bits per heavy atom. The molecule has 0 aliphatic heterocycles. The van der Waals surface area contributed by atoms with E-state index in [4.69, 9.17) is 5.11 Å². The highest BCUT2D eigenvalue weighted by atomic mass is 32.1. The molecule has 0 saturated heterocycles. The first-order valence-electron chi connectivity index (χ1n) is 3.68. The van der Waals surface area contributed by atoms with Gasteiger partial charge in [0.15, 0.2) is 0 Å². The number of nitrogens with zero attached hydrogens (tertiary/aromatic N) is 1. The van der Waals surface area contributed by atoms with E-state index in [1.165, 1.54) is 12.1 Å². The van der Waals surface area contributed by atoms with Gasteiger partial charge in [0, 0.05) is 11.8 Å². The van der Waals surface area contributed by atoms with E-state index in [9.17, 15) is 14.9 Å². The third-order valence-electron chi connectivity index (χ3n) is 1.71. The minimum atomic E-state index is -1.30. The zero-order valence-electron chi connectivity index (χ0n) is 7.01. The van der Waals surface area contributed by atoms with Gasteiger partial charge < -0.3 is 5.11 Å². The van der Waals surface area contributed by atoms with Crippen LogP contribution in [0, 0.1) is 10.1 Å². The van der Waals surface area contributed by atoms with Crippen molar-refractivity contribution in [2.24, 2.45) is 0 Å². The second-order valence-corrected chi connectivity index (χ2v) is 2.85. The van der Waals surface area contributed by atoms with Gasteiger partial charge in [0.25, 0.3) is 5.69 Å². The summed E-state index contributed by atoms with van der Waals surface area (Å²) in [7, 11) is 0. The number of carboxylic acid groups (broad SMARTS) is 1. The molecule has 0 heterocycles. The molecule has 5 nitrogen and oxygen atoms in total. The summed E-state index contributed by atoms with van der Waals surface area (Å²) in [5.41, 5.74) is -0.341. The average Bonchev–Trinajstić information content (AvgIpc) is 2.16. The third kappa shape index (κ3) is 1.85. The molecule has 1 rings (SSSR count). The van der Waals surface area contributed by atoms with Crippen LogP contribution in [0.25, 0.3) is 0 Å². The summed E-state index contributed by atoms with van der Waals surface area (Å²) < 4.78 is 0. The molecule has 0 spiro atoms. The van der Waals surface area contributed by atoms with Crippen molar-refractivity contribution in [1.29, 1.82) is 0 Å². The lowest BCUT2D eigenvalue weighted by atomic mass is 10.1. The van der Waals surface area contributed by atoms with Crippen molar-refractivity contribution in [3.05, 3.63) is 39.4 Å². The molecule has 1 aromatic carbocycles. The number of hydrogen-bond acceptors (Lipinski definition) is 4. The molecule has 74 valence electrons. The van der Waals surface area contributed by atoms with E-state index in [-0.39, 0.29) is 11.3 Å². The number of nitro groups is 1. The Labute approximate surface area is 84.9 Å². The number of rotatable bonds is 3. The van der Waals surface area contributed by atoms with E-state index < -0.39 is 16.6 Å². The number of benzene rings is 1. The Hall–Kier alpha value is -1.56. The van der Waals surface area contributed by atoms with Gasteiger partial charge >= 0.3 is 5.97 Å². The number of hydrogen-bond donors (Lipinski definition) is 2. The van der Waals surface area contributed by atoms with Gasteiger partial charge in [0.05, 0.1) is 4.92 Å². The quantitative estimate of drug-likeness (QED) is 0.455. The van der Waals surface area contributed by atoms with Gasteiger partial charge in [-0.2, -0.15) is 12.6 Å². The lowest BCUT2D eigenvalue weighted by molar-refractivity contribution is -0.385. The molecule has 14 heavy (non-hydrogen) atoms. The molecule has 0 radical (unpaired) electrons. The Bertz CT molecular complexity index is 391. The summed E-state index contributed by atoms with van der Waals surface area (Å²) in [5, 5.41) is 19.3. The fourth-order valence-electron chi connectivity index (χ4n) is 1.12. The van der Waals surface area contributed by atoms with Crippen LogP contribution in [0.2, 0.25) is 0 Å². The van der Waals surface area contributed by atoms with E-state index in [2.05, 4.69) is 12.6 Å². The van der Waals surface area contributed by atoms with Crippen molar-refractivity contribution in [2.45, 2.75) is 5.75 Å². The Balaban J connectivity index is 3.43. The summed E-state index contributed by atoms with van der Waals surface area (Å²) in [5.74, 6) is -1.15. The van der Waals surface area contributed by atoms with Gasteiger partial charge in [-0.1, -0.05) is 12.1 Å². The summed E-state index contributed by atoms with van der Waals surface area (Å²) in [6, 6.07) is 4.11. The fraction of sp³-hybridized carbons (Fsp3) is 0.125. The van der Waals surface area contributed by atoms with Gasteiger partial charge in [-0.25, -0.2) is 4.79 Å². The molecule has 0 bridgehead atoms. The summed E-state index contributed by atoms with van der Waals surface area (Å²) >= 11 is 3.90. The third-order valence-corrected chi connectivity index (χ3v) is 2.05. The fourth-order valence-corrected chi connectivity index (χ4v) is 1.38. The number of aromatic carboxylic acids is 1. The van der Waals surface area contributed by atoms with Gasteiger partial charge in [-0.3, -0.25) is 10.1 Å². The minimum absolute atomic E-state index is 0.156. The van der Waals surface area contributed by atoms with Crippen molar-refractivity contribution in [3.63, 3.8) is 0 Å². The molecule has 6 heteroatoms. The second-order valence-electron chi connectivity index (χ2n) is 2.53. The van der Waals surface area contributed by atoms with E-state index in [0.717, 1.165) is 6.07 Å². The molecular weight excluding hydrogens is 206 g/mol. The van der Waals surface area contributed by atoms with E-state index in [1.807, 2.05) is 0 Å². The topological polar surface area (TPSA) is 80.4 Å². The molecule has 0 saturated carbocycles. The van der Waals surface area contributed by atoms with Gasteiger partial charge in [0.2, 0.25) is 0 Å². The lowest BCUT2D eigenvalue weighted by Crippen LogP contribution is -2.06. The highest BCUT2D eigenvalue weighted by Crippen LogP contribution is 2.23. The van der Waals surface area contributed by atoms with Crippen LogP contribution in [-0.2, 0) is 5.75 Å². The Morgan fingerprint density at radius 1 is 1.57 bits per heavy atom. The Morgan fingerprint density at radius 3 is 2.64 bits per heavy atom. The molecule has 0 fully saturated rings. The van der Waals surface area contributed by atoms with Crippen molar-refractivity contribution in [1.82, 2.24) is 0 Å². The maximum Gasteiger partial charge on any atom is 0.343 e. The molecule has 1 aromatic rings. The van der Waals surface area contributed by atoms with Crippen molar-refractivity contribution in [3.8, 4) is 0 Å². The normalized spacial score (nSPS) is 9.79. The smallest absolute Gasteiger partial charge is 0.343 e. The monoisotopic (exact) mass is 213 g/mol. The van der Waals surface area contributed by atoms with E-state index in [1.54, 1.807) is 0 Å². The molecule has 0 unspecified atom stereocenters. The Kier molecular flexibility index (Phi) is 3.08. The predicted octanol–water partition coefficient (Wildman–Crippen LogP) is 1.72. The van der Waals surface area contributed by atoms with Crippen molar-refractivity contribution >= 4 is 24.3 Å². The number of nitro benzene ring substituents is 1. The predicted molar refractivity (Wildman–Crippen MR) is 52.7 cm³/mol. The molecule has 0 amide bonds. The van der Waals surface area contributed by atoms with E-state index >= 15 is 0 Å². The summed E-state index contributed by atoms with van der Waals surface area (Å²) in [4.78, 5) is 20.6. The van der Waals surface area contributed by atoms with Gasteiger partial charge in [-0.05, 0) is 5.56 Å². The second kappa shape index (κ2) is 4.10. The highest BCUT2D eigenvalue weighted by Gasteiger charge is 2.22. The summed E-state index contributed by atoms with van der Waals surface area (Å²) in [6.07, 6.45) is 0. The lowest BCUT2D eigenvalue weighted by Gasteiger charge is -2.02. The van der Waals surface area contributed by atoms with Crippen molar-refractivity contribution in [2.75, 3.05) is 0 Å². The number of carbonyl (C=O) groups is 1. The molecule has 0 aromatic heterocycles. The van der Waals surface area contributed by atoms with Crippen LogP contribution in [-0.4, -0.2) is 16.0 Å². The highest BCUT2D eigenvalue weighted by molar-refractivity contribution is 7.79. The molecule has 1 N–H and O–H groups in total. The minimum Gasteiger partial charge on any atom is -0.477 e. The van der Waals surface area contributed by atoms with Gasteiger partial charge in [0.1, 0.15) is 5.56 Å². The average molecular weight is 213 g/mol. The zero-order valence-corrected chi connectivity index (χ0v) is 7.90. The maximum atomic E-state index is 10.8. The SMILES string of the molecule is O=C(O)c1c(CS)cccc1[N+](=O)[O-]. The first-order chi connectivity index (χ1) is 6.57. The molecular formula is C8H7NO4S. The first-order valence-corrected chi connectivity index (χ1v) is 4.31. The van der Waals surface area contributed by atoms with E-state index in [0.29, 0.717) is 5.56 Å². The van der Waals surface area contributed by atoms with Crippen molar-refractivity contribution < 1.29 is 14.8 Å². The molecule has 0 aliphatic carbocycles. The van der Waals surface area contributed by atoms with Crippen LogP contribution in [0.15, 0.2) is 18.2 Å². The van der Waals surface area contributed by atoms with Gasteiger partial charge in [-0.15, -0.1) is 0 Å². The van der Waals surface area contributed by atoms with Crippen LogP contribution >= 0.6 is 12.6 Å². The molecule has 0 aliphatic rings. The standard InChI is InChI=1S/C8H7NO4S/c10-8(11)7-5(4-14)2-1-3-6(7)9(12)13/h1-3,14H,4H2,(H,10,11). The van der Waals surface area contributed by atoms with Crippen LogP contribution in [0.5, 0.6) is 0 Å². The maximum absolute atomic E-state index is 10.8. The molecule has 0 atom stereocenters. The zero-order chi connectivity index (χ0) is 10.7. The van der Waals surface area contributed by atoms with Crippen LogP contribution in [0.4, 0.5) is 5.69 Å². The van der Waals surface area contributed by atoms with Crippen LogP contribution in [0.3, 0.4) is 0 Å². The van der Waals surface area contributed by atoms with Crippen LogP contribution in [0.1, 0.15) is 15.9 Å².